The van der Waals surface area contributed by atoms with Gasteiger partial charge in [-0.1, -0.05) is 38.8 Å². The van der Waals surface area contributed by atoms with Crippen LogP contribution in [0.3, 0.4) is 0 Å². The summed E-state index contributed by atoms with van der Waals surface area (Å²) >= 11 is 0. The van der Waals surface area contributed by atoms with Crippen LogP contribution in [0.25, 0.3) is 5.57 Å². The molecule has 1 saturated heterocycles. The highest BCUT2D eigenvalue weighted by Gasteiger charge is 2.33. The molecule has 1 aliphatic heterocycles. The zero-order chi connectivity index (χ0) is 19.2. The van der Waals surface area contributed by atoms with Crippen molar-refractivity contribution in [1.82, 2.24) is 4.90 Å². The molecular formula is C22H29N3O. The number of aliphatic imine (C=N–C) groups is 1. The average molecular weight is 351 g/mol. The predicted molar refractivity (Wildman–Crippen MR) is 107 cm³/mol. The maximum Gasteiger partial charge on any atom is 0.271 e. The van der Waals surface area contributed by atoms with Crippen molar-refractivity contribution >= 4 is 17.2 Å². The van der Waals surface area contributed by atoms with E-state index in [9.17, 15) is 4.79 Å². The van der Waals surface area contributed by atoms with Gasteiger partial charge in [-0.3, -0.25) is 9.79 Å². The summed E-state index contributed by atoms with van der Waals surface area (Å²) < 4.78 is 0. The lowest BCUT2D eigenvalue weighted by Crippen LogP contribution is -2.45. The van der Waals surface area contributed by atoms with Crippen LogP contribution in [0, 0.1) is 16.7 Å². The summed E-state index contributed by atoms with van der Waals surface area (Å²) in [7, 11) is 1.67. The standard InChI is InChI=1S/C22H29N3O/c1-5-22(6-2)11-13-25(14-12-22)21(26)20(24-4)15-17(3)19-9-7-18(16-23)8-10-19/h7-10,15H,5-6,11-14H2,1-4H3/b17-15+,24-20?. The molecule has 4 heteroatoms. The summed E-state index contributed by atoms with van der Waals surface area (Å²) in [5.41, 5.74) is 3.48. The van der Waals surface area contributed by atoms with Gasteiger partial charge in [-0.25, -0.2) is 0 Å². The van der Waals surface area contributed by atoms with Crippen LogP contribution < -0.4 is 0 Å². The first-order chi connectivity index (χ1) is 12.5. The van der Waals surface area contributed by atoms with Gasteiger partial charge in [0.1, 0.15) is 5.71 Å². The summed E-state index contributed by atoms with van der Waals surface area (Å²) in [5.74, 6) is 0.0151. The lowest BCUT2D eigenvalue weighted by molar-refractivity contribution is -0.126. The van der Waals surface area contributed by atoms with Gasteiger partial charge in [0.25, 0.3) is 5.91 Å². The quantitative estimate of drug-likeness (QED) is 0.735. The molecule has 1 amide bonds. The number of piperidine rings is 1. The SMILES string of the molecule is CCC1(CC)CCN(C(=O)C(/C=C(\C)c2ccc(C#N)cc2)=NC)CC1. The molecule has 0 bridgehead atoms. The van der Waals surface area contributed by atoms with Crippen LogP contribution in [0.15, 0.2) is 35.3 Å². The Labute approximate surface area is 157 Å². The number of hydrogen-bond donors (Lipinski definition) is 0. The first-order valence-electron chi connectivity index (χ1n) is 9.43. The molecule has 1 aromatic carbocycles. The number of nitriles is 1. The molecular weight excluding hydrogens is 322 g/mol. The summed E-state index contributed by atoms with van der Waals surface area (Å²) in [5, 5.41) is 8.91. The molecule has 0 radical (unpaired) electrons. The van der Waals surface area contributed by atoms with Crippen LogP contribution in [0.1, 0.15) is 57.6 Å². The fraction of sp³-hybridized carbons (Fsp3) is 0.500. The third-order valence-corrected chi connectivity index (χ3v) is 5.89. The maximum absolute atomic E-state index is 12.9. The predicted octanol–water partition coefficient (Wildman–Crippen LogP) is 4.46. The molecule has 0 saturated carbocycles. The molecule has 1 fully saturated rings. The van der Waals surface area contributed by atoms with Gasteiger partial charge >= 0.3 is 0 Å². The van der Waals surface area contributed by atoms with Crippen LogP contribution >= 0.6 is 0 Å². The third kappa shape index (κ3) is 4.40. The monoisotopic (exact) mass is 351 g/mol. The summed E-state index contributed by atoms with van der Waals surface area (Å²) in [4.78, 5) is 19.1. The molecule has 0 atom stereocenters. The molecule has 1 heterocycles. The second kappa shape index (κ2) is 8.80. The van der Waals surface area contributed by atoms with Crippen molar-refractivity contribution in [3.63, 3.8) is 0 Å². The number of amides is 1. The van der Waals surface area contributed by atoms with Gasteiger partial charge < -0.3 is 4.90 Å². The minimum Gasteiger partial charge on any atom is -0.337 e. The normalized spacial score (nSPS) is 17.7. The van der Waals surface area contributed by atoms with Crippen molar-refractivity contribution in [2.45, 2.75) is 46.5 Å². The number of benzene rings is 1. The second-order valence-corrected chi connectivity index (χ2v) is 7.12. The van der Waals surface area contributed by atoms with Crippen LogP contribution in [-0.2, 0) is 4.79 Å². The lowest BCUT2D eigenvalue weighted by atomic mass is 9.74. The Balaban J connectivity index is 2.10. The number of rotatable bonds is 5. The van der Waals surface area contributed by atoms with Crippen LogP contribution in [0.5, 0.6) is 0 Å². The Morgan fingerprint density at radius 3 is 2.27 bits per heavy atom. The van der Waals surface area contributed by atoms with E-state index in [4.69, 9.17) is 5.26 Å². The van der Waals surface area contributed by atoms with Gasteiger partial charge in [-0.15, -0.1) is 0 Å². The molecule has 2 rings (SSSR count). The van der Waals surface area contributed by atoms with E-state index in [1.165, 1.54) is 12.8 Å². The second-order valence-electron chi connectivity index (χ2n) is 7.12. The number of carbonyl (C=O) groups excluding carboxylic acids is 1. The van der Waals surface area contributed by atoms with Gasteiger partial charge in [0.2, 0.25) is 0 Å². The van der Waals surface area contributed by atoms with E-state index in [1.807, 2.05) is 30.0 Å². The minimum atomic E-state index is 0.0151. The van der Waals surface area contributed by atoms with Gasteiger partial charge in [0.05, 0.1) is 11.6 Å². The summed E-state index contributed by atoms with van der Waals surface area (Å²) in [6, 6.07) is 9.50. The zero-order valence-electron chi connectivity index (χ0n) is 16.4. The van der Waals surface area contributed by atoms with E-state index in [-0.39, 0.29) is 5.91 Å². The first-order valence-corrected chi connectivity index (χ1v) is 9.43. The molecule has 4 nitrogen and oxygen atoms in total. The molecule has 0 unspecified atom stereocenters. The Hall–Kier alpha value is -2.41. The molecule has 1 aromatic rings. The van der Waals surface area contributed by atoms with Crippen LogP contribution in [0.4, 0.5) is 0 Å². The molecule has 1 aliphatic rings. The van der Waals surface area contributed by atoms with E-state index in [1.54, 1.807) is 19.2 Å². The van der Waals surface area contributed by atoms with Crippen molar-refractivity contribution in [2.24, 2.45) is 10.4 Å². The molecule has 138 valence electrons. The number of allylic oxidation sites excluding steroid dienone is 1. The molecule has 0 spiro atoms. The number of likely N-dealkylation sites (tertiary alicyclic amines) is 1. The topological polar surface area (TPSA) is 56.5 Å². The fourth-order valence-corrected chi connectivity index (χ4v) is 3.62. The van der Waals surface area contributed by atoms with Crippen LogP contribution in [0.2, 0.25) is 0 Å². The highest BCUT2D eigenvalue weighted by Crippen LogP contribution is 2.37. The van der Waals surface area contributed by atoms with Gasteiger partial charge in [-0.05, 0) is 54.5 Å². The Bertz CT molecular complexity index is 724. The number of hydrogen-bond acceptors (Lipinski definition) is 3. The van der Waals surface area contributed by atoms with Crippen molar-refractivity contribution in [3.05, 3.63) is 41.5 Å². The Kier molecular flexibility index (Phi) is 6.74. The smallest absolute Gasteiger partial charge is 0.271 e. The zero-order valence-corrected chi connectivity index (χ0v) is 16.4. The van der Waals surface area contributed by atoms with Crippen LogP contribution in [-0.4, -0.2) is 36.7 Å². The third-order valence-electron chi connectivity index (χ3n) is 5.89. The van der Waals surface area contributed by atoms with Gasteiger partial charge in [0.15, 0.2) is 0 Å². The minimum absolute atomic E-state index is 0.0151. The van der Waals surface area contributed by atoms with Gasteiger partial charge in [-0.2, -0.15) is 5.26 Å². The highest BCUT2D eigenvalue weighted by atomic mass is 16.2. The lowest BCUT2D eigenvalue weighted by Gasteiger charge is -2.41. The van der Waals surface area contributed by atoms with Crippen molar-refractivity contribution in [3.8, 4) is 6.07 Å². The van der Waals surface area contributed by atoms with Crippen molar-refractivity contribution < 1.29 is 4.79 Å². The van der Waals surface area contributed by atoms with E-state index in [2.05, 4.69) is 24.9 Å². The summed E-state index contributed by atoms with van der Waals surface area (Å²) in [6.45, 7) is 8.09. The highest BCUT2D eigenvalue weighted by molar-refractivity contribution is 6.44. The molecule has 0 N–H and O–H groups in total. The molecule has 0 aliphatic carbocycles. The van der Waals surface area contributed by atoms with Crippen molar-refractivity contribution in [2.75, 3.05) is 20.1 Å². The molecule has 0 aromatic heterocycles. The number of nitrogens with zero attached hydrogens (tertiary/aromatic N) is 3. The molecule has 26 heavy (non-hydrogen) atoms. The van der Waals surface area contributed by atoms with E-state index < -0.39 is 0 Å². The Morgan fingerprint density at radius 2 is 1.81 bits per heavy atom. The van der Waals surface area contributed by atoms with E-state index in [0.29, 0.717) is 16.7 Å². The number of carbonyl (C=O) groups is 1. The van der Waals surface area contributed by atoms with Crippen molar-refractivity contribution in [1.29, 1.82) is 5.26 Å². The van der Waals surface area contributed by atoms with E-state index in [0.717, 1.165) is 37.1 Å². The average Bonchev–Trinajstić information content (AvgIpc) is 2.71. The van der Waals surface area contributed by atoms with E-state index >= 15 is 0 Å². The fourth-order valence-electron chi connectivity index (χ4n) is 3.62. The largest absolute Gasteiger partial charge is 0.337 e. The van der Waals surface area contributed by atoms with Gasteiger partial charge in [0, 0.05) is 20.1 Å². The first kappa shape index (κ1) is 19.9. The Morgan fingerprint density at radius 1 is 1.23 bits per heavy atom. The maximum atomic E-state index is 12.9. The summed E-state index contributed by atoms with van der Waals surface area (Å²) in [6.07, 6.45) is 6.35.